The number of phenols is 1. The van der Waals surface area contributed by atoms with Crippen molar-refractivity contribution in [2.75, 3.05) is 0 Å². The number of phenolic OH excluding ortho intramolecular Hbond substituents is 1. The van der Waals surface area contributed by atoms with Crippen LogP contribution in [-0.2, 0) is 11.2 Å². The Morgan fingerprint density at radius 3 is 2.64 bits per heavy atom. The van der Waals surface area contributed by atoms with Gasteiger partial charge in [-0.25, -0.2) is 5.43 Å². The molecule has 0 unspecified atom stereocenters. The van der Waals surface area contributed by atoms with Crippen LogP contribution < -0.4 is 10.2 Å². The first-order chi connectivity index (χ1) is 11.8. The van der Waals surface area contributed by atoms with E-state index in [0.717, 1.165) is 11.1 Å². The van der Waals surface area contributed by atoms with Crippen molar-refractivity contribution in [3.05, 3.63) is 58.7 Å². The van der Waals surface area contributed by atoms with Crippen LogP contribution >= 0.6 is 0 Å². The van der Waals surface area contributed by atoms with Crippen molar-refractivity contribution in [1.82, 2.24) is 5.43 Å². The smallest absolute Gasteiger partial charge is 0.244 e. The molecule has 2 aromatic rings. The number of hydrogen-bond donors (Lipinski definition) is 2. The second kappa shape index (κ2) is 8.33. The molecule has 2 rings (SSSR count). The van der Waals surface area contributed by atoms with E-state index in [9.17, 15) is 9.90 Å². The highest BCUT2D eigenvalue weighted by Crippen LogP contribution is 2.23. The first-order valence-corrected chi connectivity index (χ1v) is 8.23. The number of amides is 1. The third kappa shape index (κ3) is 5.64. The van der Waals surface area contributed by atoms with Gasteiger partial charge in [-0.3, -0.25) is 4.79 Å². The summed E-state index contributed by atoms with van der Waals surface area (Å²) in [4.78, 5) is 12.0. The lowest BCUT2D eigenvalue weighted by Gasteiger charge is -2.10. The number of aromatic hydroxyl groups is 1. The Labute approximate surface area is 148 Å². The van der Waals surface area contributed by atoms with Crippen LogP contribution in [0, 0.1) is 13.8 Å². The van der Waals surface area contributed by atoms with Gasteiger partial charge >= 0.3 is 0 Å². The van der Waals surface area contributed by atoms with Gasteiger partial charge in [-0.15, -0.1) is 0 Å². The number of carbonyl (C=O) groups excluding carboxylic acids is 1. The molecule has 0 aromatic heterocycles. The van der Waals surface area contributed by atoms with Gasteiger partial charge in [-0.2, -0.15) is 5.10 Å². The molecule has 0 aliphatic rings. The van der Waals surface area contributed by atoms with Crippen LogP contribution in [0.2, 0.25) is 0 Å². The maximum atomic E-state index is 12.0. The average molecular weight is 340 g/mol. The molecule has 1 amide bonds. The van der Waals surface area contributed by atoms with E-state index < -0.39 is 0 Å². The first-order valence-electron chi connectivity index (χ1n) is 8.23. The second-order valence-electron chi connectivity index (χ2n) is 6.29. The normalized spacial score (nSPS) is 11.1. The molecule has 0 saturated carbocycles. The Bertz CT molecular complexity index is 783. The highest BCUT2D eigenvalue weighted by Gasteiger charge is 2.06. The van der Waals surface area contributed by atoms with Gasteiger partial charge in [0.1, 0.15) is 11.5 Å². The van der Waals surface area contributed by atoms with Gasteiger partial charge in [0.15, 0.2) is 0 Å². The van der Waals surface area contributed by atoms with Gasteiger partial charge in [-0.05, 0) is 51.0 Å². The minimum Gasteiger partial charge on any atom is -0.507 e. The Balaban J connectivity index is 1.95. The molecule has 2 N–H and O–H groups in total. The lowest BCUT2D eigenvalue weighted by Crippen LogP contribution is -2.20. The zero-order chi connectivity index (χ0) is 18.4. The van der Waals surface area contributed by atoms with E-state index >= 15 is 0 Å². The summed E-state index contributed by atoms with van der Waals surface area (Å²) >= 11 is 0. The Morgan fingerprint density at radius 2 is 2.00 bits per heavy atom. The number of benzene rings is 2. The van der Waals surface area contributed by atoms with Crippen LogP contribution in [0.15, 0.2) is 41.5 Å². The lowest BCUT2D eigenvalue weighted by atomic mass is 10.0. The van der Waals surface area contributed by atoms with Gasteiger partial charge in [0.2, 0.25) is 5.91 Å². The number of hydrazone groups is 1. The van der Waals surface area contributed by atoms with Gasteiger partial charge in [0.25, 0.3) is 0 Å². The Morgan fingerprint density at radius 1 is 1.24 bits per heavy atom. The number of nitrogens with zero attached hydrogens (tertiary/aromatic N) is 1. The van der Waals surface area contributed by atoms with Crippen LogP contribution in [0.3, 0.4) is 0 Å². The van der Waals surface area contributed by atoms with Crippen LogP contribution in [-0.4, -0.2) is 23.3 Å². The number of ether oxygens (including phenoxy) is 1. The molecule has 0 heterocycles. The van der Waals surface area contributed by atoms with E-state index in [2.05, 4.69) is 10.5 Å². The standard InChI is InChI=1S/C20H24N2O3/c1-13(2)25-18-8-7-17(19(23)11-18)12-21-22-20(24)10-16-6-5-14(3)9-15(16)4/h5-9,11-13,23H,10H2,1-4H3,(H,22,24)/b21-12+. The lowest BCUT2D eigenvalue weighted by molar-refractivity contribution is -0.120. The highest BCUT2D eigenvalue weighted by molar-refractivity contribution is 5.85. The fraction of sp³-hybridized carbons (Fsp3) is 0.300. The summed E-state index contributed by atoms with van der Waals surface area (Å²) in [6.07, 6.45) is 1.70. The molecular weight excluding hydrogens is 316 g/mol. The highest BCUT2D eigenvalue weighted by atomic mass is 16.5. The molecule has 25 heavy (non-hydrogen) atoms. The predicted molar refractivity (Wildman–Crippen MR) is 99.2 cm³/mol. The summed E-state index contributed by atoms with van der Waals surface area (Å²) in [5.41, 5.74) is 6.20. The monoisotopic (exact) mass is 340 g/mol. The van der Waals surface area contributed by atoms with Crippen molar-refractivity contribution in [2.24, 2.45) is 5.10 Å². The van der Waals surface area contributed by atoms with E-state index in [1.54, 1.807) is 12.1 Å². The van der Waals surface area contributed by atoms with Crippen LogP contribution in [0.1, 0.15) is 36.1 Å². The van der Waals surface area contributed by atoms with Gasteiger partial charge in [-0.1, -0.05) is 23.8 Å². The average Bonchev–Trinajstić information content (AvgIpc) is 2.51. The number of hydrogen-bond acceptors (Lipinski definition) is 4. The molecule has 0 bridgehead atoms. The van der Waals surface area contributed by atoms with E-state index in [0.29, 0.717) is 11.3 Å². The molecule has 132 valence electrons. The summed E-state index contributed by atoms with van der Waals surface area (Å²) in [6.45, 7) is 7.83. The minimum atomic E-state index is -0.206. The fourth-order valence-electron chi connectivity index (χ4n) is 2.41. The van der Waals surface area contributed by atoms with Gasteiger partial charge < -0.3 is 9.84 Å². The molecule has 0 spiro atoms. The SMILES string of the molecule is Cc1ccc(CC(=O)N/N=C/c2ccc(OC(C)C)cc2O)c(C)c1. The molecule has 0 atom stereocenters. The molecule has 5 heteroatoms. The van der Waals surface area contributed by atoms with E-state index in [-0.39, 0.29) is 24.2 Å². The maximum Gasteiger partial charge on any atom is 0.244 e. The Kier molecular flexibility index (Phi) is 6.17. The van der Waals surface area contributed by atoms with Crippen molar-refractivity contribution in [3.63, 3.8) is 0 Å². The van der Waals surface area contributed by atoms with Crippen molar-refractivity contribution in [1.29, 1.82) is 0 Å². The molecule has 0 aliphatic heterocycles. The Hall–Kier alpha value is -2.82. The zero-order valence-corrected chi connectivity index (χ0v) is 15.0. The van der Waals surface area contributed by atoms with E-state index in [1.165, 1.54) is 17.8 Å². The summed E-state index contributed by atoms with van der Waals surface area (Å²) in [5, 5.41) is 13.9. The van der Waals surface area contributed by atoms with Crippen LogP contribution in [0.25, 0.3) is 0 Å². The summed E-state index contributed by atoms with van der Waals surface area (Å²) in [5.74, 6) is 0.427. The fourth-order valence-corrected chi connectivity index (χ4v) is 2.41. The van der Waals surface area contributed by atoms with Crippen molar-refractivity contribution in [2.45, 2.75) is 40.2 Å². The number of carbonyl (C=O) groups is 1. The largest absolute Gasteiger partial charge is 0.507 e. The minimum absolute atomic E-state index is 0.0310. The molecule has 0 radical (unpaired) electrons. The number of nitrogens with one attached hydrogen (secondary N) is 1. The third-order valence-electron chi connectivity index (χ3n) is 3.62. The number of aryl methyl sites for hydroxylation is 2. The molecule has 0 saturated heterocycles. The van der Waals surface area contributed by atoms with Crippen LogP contribution in [0.4, 0.5) is 0 Å². The van der Waals surface area contributed by atoms with Crippen molar-refractivity contribution in [3.8, 4) is 11.5 Å². The van der Waals surface area contributed by atoms with E-state index in [1.807, 2.05) is 45.9 Å². The molecule has 2 aromatic carbocycles. The summed E-state index contributed by atoms with van der Waals surface area (Å²) in [7, 11) is 0. The second-order valence-corrected chi connectivity index (χ2v) is 6.29. The van der Waals surface area contributed by atoms with E-state index in [4.69, 9.17) is 4.74 Å². The summed E-state index contributed by atoms with van der Waals surface area (Å²) in [6, 6.07) is 10.9. The third-order valence-corrected chi connectivity index (χ3v) is 3.62. The summed E-state index contributed by atoms with van der Waals surface area (Å²) < 4.78 is 5.50. The topological polar surface area (TPSA) is 70.9 Å². The molecular formula is C20H24N2O3. The maximum absolute atomic E-state index is 12.0. The molecule has 0 aliphatic carbocycles. The number of rotatable bonds is 6. The predicted octanol–water partition coefficient (Wildman–Crippen LogP) is 3.49. The van der Waals surface area contributed by atoms with Crippen LogP contribution in [0.5, 0.6) is 11.5 Å². The van der Waals surface area contributed by atoms with Gasteiger partial charge in [0.05, 0.1) is 18.7 Å². The molecule has 5 nitrogen and oxygen atoms in total. The van der Waals surface area contributed by atoms with Gasteiger partial charge in [0, 0.05) is 11.6 Å². The molecule has 0 fully saturated rings. The zero-order valence-electron chi connectivity index (χ0n) is 15.0. The quantitative estimate of drug-likeness (QED) is 0.625. The first kappa shape index (κ1) is 18.5. The van der Waals surface area contributed by atoms with Crippen molar-refractivity contribution >= 4 is 12.1 Å². The van der Waals surface area contributed by atoms with Crippen molar-refractivity contribution < 1.29 is 14.6 Å².